The maximum atomic E-state index is 11.4. The van der Waals surface area contributed by atoms with Crippen LogP contribution >= 0.6 is 0 Å². The Bertz CT molecular complexity index is 381. The molecule has 0 rings (SSSR count). The van der Waals surface area contributed by atoms with Gasteiger partial charge in [-0.25, -0.2) is 9.59 Å². The van der Waals surface area contributed by atoms with Crippen LogP contribution in [0.4, 0.5) is 0 Å². The summed E-state index contributed by atoms with van der Waals surface area (Å²) < 4.78 is 9.56. The minimum absolute atomic E-state index is 0.0561. The van der Waals surface area contributed by atoms with Crippen molar-refractivity contribution in [3.05, 3.63) is 24.3 Å². The average Bonchev–Trinajstić information content (AvgIpc) is 2.27. The van der Waals surface area contributed by atoms with Gasteiger partial charge in [-0.2, -0.15) is 0 Å². The number of allylic oxidation sites excluding steroid dienone is 1. The first-order valence-corrected chi connectivity index (χ1v) is 5.47. The van der Waals surface area contributed by atoms with Crippen molar-refractivity contribution in [1.29, 1.82) is 0 Å². The fraction of sp³-hybridized carbons (Fsp3) is 0.462. The van der Waals surface area contributed by atoms with E-state index in [1.54, 1.807) is 6.92 Å². The van der Waals surface area contributed by atoms with Crippen LogP contribution in [0.25, 0.3) is 0 Å². The monoisotopic (exact) mass is 254 g/mol. The van der Waals surface area contributed by atoms with E-state index in [9.17, 15) is 14.4 Å². The second-order valence-corrected chi connectivity index (χ2v) is 3.95. The lowest BCUT2D eigenvalue weighted by molar-refractivity contribution is -0.164. The minimum atomic E-state index is -1.02. The normalized spacial score (nSPS) is 11.3. The van der Waals surface area contributed by atoms with Gasteiger partial charge >= 0.3 is 11.9 Å². The van der Waals surface area contributed by atoms with E-state index in [1.807, 2.05) is 0 Å². The molecule has 0 aliphatic heterocycles. The van der Waals surface area contributed by atoms with Crippen LogP contribution in [-0.2, 0) is 23.9 Å². The van der Waals surface area contributed by atoms with E-state index in [0.29, 0.717) is 5.57 Å². The van der Waals surface area contributed by atoms with E-state index >= 15 is 0 Å². The number of Topliss-reactive ketones (excluding diaryl/α,β-unsaturated/α-hetero) is 1. The lowest BCUT2D eigenvalue weighted by Gasteiger charge is -2.12. The fourth-order valence-electron chi connectivity index (χ4n) is 0.884. The van der Waals surface area contributed by atoms with Crippen molar-refractivity contribution in [2.24, 2.45) is 0 Å². The Morgan fingerprint density at radius 1 is 1.11 bits per heavy atom. The molecule has 0 aromatic carbocycles. The summed E-state index contributed by atoms with van der Waals surface area (Å²) in [5.74, 6) is -1.52. The number of hydrogen-bond donors (Lipinski definition) is 0. The molecule has 0 aliphatic carbocycles. The van der Waals surface area contributed by atoms with Gasteiger partial charge in [0.1, 0.15) is 0 Å². The van der Waals surface area contributed by atoms with Gasteiger partial charge < -0.3 is 9.47 Å². The maximum Gasteiger partial charge on any atom is 0.347 e. The third-order valence-corrected chi connectivity index (χ3v) is 2.01. The maximum absolute atomic E-state index is 11.4. The van der Waals surface area contributed by atoms with Crippen molar-refractivity contribution in [2.45, 2.75) is 33.3 Å². The summed E-state index contributed by atoms with van der Waals surface area (Å²) in [5, 5.41) is 0. The van der Waals surface area contributed by atoms with Crippen LogP contribution in [0.1, 0.15) is 27.2 Å². The van der Waals surface area contributed by atoms with E-state index in [4.69, 9.17) is 9.47 Å². The van der Waals surface area contributed by atoms with Gasteiger partial charge in [0.15, 0.2) is 11.9 Å². The molecule has 0 amide bonds. The standard InChI is InChI=1S/C13H18O5/c1-8(2)11(14)6-7-17-13(16)10(5)18-12(15)9(3)4/h10H,1,3,6-7H2,2,4-5H3. The van der Waals surface area contributed by atoms with Crippen molar-refractivity contribution in [1.82, 2.24) is 0 Å². The van der Waals surface area contributed by atoms with E-state index in [-0.39, 0.29) is 24.4 Å². The molecule has 100 valence electrons. The van der Waals surface area contributed by atoms with Crippen LogP contribution in [0.15, 0.2) is 24.3 Å². The molecule has 5 nitrogen and oxygen atoms in total. The molecule has 0 spiro atoms. The lowest BCUT2D eigenvalue weighted by atomic mass is 10.2. The molecule has 0 fully saturated rings. The highest BCUT2D eigenvalue weighted by atomic mass is 16.6. The minimum Gasteiger partial charge on any atom is -0.462 e. The zero-order valence-corrected chi connectivity index (χ0v) is 10.9. The van der Waals surface area contributed by atoms with E-state index < -0.39 is 18.0 Å². The molecule has 0 aliphatic rings. The summed E-state index contributed by atoms with van der Waals surface area (Å²) in [6.07, 6.45) is -0.948. The summed E-state index contributed by atoms with van der Waals surface area (Å²) in [5.41, 5.74) is 0.611. The molecule has 0 saturated carbocycles. The van der Waals surface area contributed by atoms with Crippen LogP contribution in [0.3, 0.4) is 0 Å². The van der Waals surface area contributed by atoms with Crippen LogP contribution < -0.4 is 0 Å². The Balaban J connectivity index is 4.03. The molecule has 0 heterocycles. The lowest BCUT2D eigenvalue weighted by Crippen LogP contribution is -2.27. The zero-order valence-electron chi connectivity index (χ0n) is 10.9. The van der Waals surface area contributed by atoms with Gasteiger partial charge in [0.25, 0.3) is 0 Å². The summed E-state index contributed by atoms with van der Waals surface area (Å²) in [4.78, 5) is 33.7. The van der Waals surface area contributed by atoms with Crippen LogP contribution in [0.2, 0.25) is 0 Å². The molecule has 5 heteroatoms. The first kappa shape index (κ1) is 16.1. The number of ether oxygens (including phenoxy) is 2. The SMILES string of the molecule is C=C(C)C(=O)CCOC(=O)C(C)OC(=O)C(=C)C. The molecular formula is C13H18O5. The van der Waals surface area contributed by atoms with Gasteiger partial charge in [-0.05, 0) is 26.3 Å². The number of carbonyl (C=O) groups is 3. The van der Waals surface area contributed by atoms with E-state index in [0.717, 1.165) is 0 Å². The summed E-state index contributed by atoms with van der Waals surface area (Å²) >= 11 is 0. The van der Waals surface area contributed by atoms with Gasteiger partial charge in [-0.3, -0.25) is 4.79 Å². The number of hydrogen-bond acceptors (Lipinski definition) is 5. The topological polar surface area (TPSA) is 69.7 Å². The first-order chi connectivity index (χ1) is 8.25. The van der Waals surface area contributed by atoms with Gasteiger partial charge in [0.05, 0.1) is 6.61 Å². The molecule has 0 aromatic heterocycles. The second-order valence-electron chi connectivity index (χ2n) is 3.95. The van der Waals surface area contributed by atoms with Crippen molar-refractivity contribution in [3.63, 3.8) is 0 Å². The summed E-state index contributed by atoms with van der Waals surface area (Å²) in [6.45, 7) is 11.3. The molecule has 0 aromatic rings. The Labute approximate surface area is 106 Å². The van der Waals surface area contributed by atoms with Gasteiger partial charge in [-0.15, -0.1) is 0 Å². The van der Waals surface area contributed by atoms with Crippen molar-refractivity contribution in [2.75, 3.05) is 6.61 Å². The third kappa shape index (κ3) is 5.98. The average molecular weight is 254 g/mol. The van der Waals surface area contributed by atoms with Crippen molar-refractivity contribution in [3.8, 4) is 0 Å². The highest BCUT2D eigenvalue weighted by Gasteiger charge is 2.19. The largest absolute Gasteiger partial charge is 0.462 e. The van der Waals surface area contributed by atoms with E-state index in [2.05, 4.69) is 13.2 Å². The number of carbonyl (C=O) groups excluding carboxylic acids is 3. The van der Waals surface area contributed by atoms with Crippen LogP contribution in [-0.4, -0.2) is 30.4 Å². The third-order valence-electron chi connectivity index (χ3n) is 2.01. The van der Waals surface area contributed by atoms with Gasteiger partial charge in [0, 0.05) is 12.0 Å². The second kappa shape index (κ2) is 7.42. The Hall–Kier alpha value is -1.91. The molecule has 0 N–H and O–H groups in total. The summed E-state index contributed by atoms with van der Waals surface area (Å²) in [7, 11) is 0. The highest BCUT2D eigenvalue weighted by molar-refractivity contribution is 5.94. The molecule has 0 bridgehead atoms. The quantitative estimate of drug-likeness (QED) is 0.509. The van der Waals surface area contributed by atoms with Gasteiger partial charge in [-0.1, -0.05) is 13.2 Å². The zero-order chi connectivity index (χ0) is 14.3. The molecule has 1 atom stereocenters. The molecule has 0 radical (unpaired) electrons. The predicted octanol–water partition coefficient (Wildman–Crippen LogP) is 1.57. The predicted molar refractivity (Wildman–Crippen MR) is 65.8 cm³/mol. The Morgan fingerprint density at radius 3 is 2.11 bits per heavy atom. The van der Waals surface area contributed by atoms with Crippen LogP contribution in [0.5, 0.6) is 0 Å². The van der Waals surface area contributed by atoms with Gasteiger partial charge in [0.2, 0.25) is 0 Å². The first-order valence-electron chi connectivity index (χ1n) is 5.47. The smallest absolute Gasteiger partial charge is 0.347 e. The molecule has 0 saturated heterocycles. The number of rotatable bonds is 7. The van der Waals surface area contributed by atoms with Crippen molar-refractivity contribution < 1.29 is 23.9 Å². The molecule has 1 unspecified atom stereocenters. The Kier molecular flexibility index (Phi) is 6.63. The number of ketones is 1. The fourth-order valence-corrected chi connectivity index (χ4v) is 0.884. The Morgan fingerprint density at radius 2 is 1.67 bits per heavy atom. The van der Waals surface area contributed by atoms with Crippen LogP contribution in [0, 0.1) is 0 Å². The highest BCUT2D eigenvalue weighted by Crippen LogP contribution is 2.02. The number of esters is 2. The molecule has 18 heavy (non-hydrogen) atoms. The van der Waals surface area contributed by atoms with E-state index in [1.165, 1.54) is 13.8 Å². The summed E-state index contributed by atoms with van der Waals surface area (Å²) in [6, 6.07) is 0. The van der Waals surface area contributed by atoms with Crippen molar-refractivity contribution >= 4 is 17.7 Å². The molecular weight excluding hydrogens is 236 g/mol.